The van der Waals surface area contributed by atoms with Crippen LogP contribution in [0, 0.1) is 0 Å². The molecule has 0 bridgehead atoms. The number of aliphatic carboxylic acids is 1. The summed E-state index contributed by atoms with van der Waals surface area (Å²) in [7, 11) is 1.39. The summed E-state index contributed by atoms with van der Waals surface area (Å²) in [5.41, 5.74) is 0. The van der Waals surface area contributed by atoms with Crippen LogP contribution in [0.15, 0.2) is 0 Å². The first-order valence-corrected chi connectivity index (χ1v) is 4.19. The molecule has 0 heterocycles. The number of rotatable bonds is 5. The number of likely N-dealkylation sites (N-methyl/N-ethyl adjacent to an activating group) is 2. The highest BCUT2D eigenvalue weighted by Crippen LogP contribution is 1.90. The number of carbonyl (C=O) groups excluding carboxylic acids is 2. The van der Waals surface area contributed by atoms with E-state index >= 15 is 0 Å². The van der Waals surface area contributed by atoms with E-state index in [2.05, 4.69) is 5.32 Å². The van der Waals surface area contributed by atoms with Crippen molar-refractivity contribution in [3.8, 4) is 0 Å². The molecule has 0 spiro atoms. The second-order valence-electron chi connectivity index (χ2n) is 2.77. The first kappa shape index (κ1) is 12.4. The molecule has 0 radical (unpaired) electrons. The standard InChI is InChI=1S/C8H14N2O4/c1-3-9-6(11)5-10(2)7(12)4-8(13)14/h3-5H2,1-2H3,(H,9,11)(H,13,14). The maximum absolute atomic E-state index is 11.1. The average Bonchev–Trinajstić information content (AvgIpc) is 2.02. The maximum atomic E-state index is 11.1. The summed E-state index contributed by atoms with van der Waals surface area (Å²) in [5, 5.41) is 10.8. The molecular formula is C8H14N2O4. The van der Waals surface area contributed by atoms with Gasteiger partial charge in [-0.2, -0.15) is 0 Å². The lowest BCUT2D eigenvalue weighted by Crippen LogP contribution is -2.38. The Morgan fingerprint density at radius 3 is 2.36 bits per heavy atom. The molecule has 6 heteroatoms. The molecule has 0 fully saturated rings. The smallest absolute Gasteiger partial charge is 0.312 e. The molecule has 0 aromatic rings. The molecule has 0 aliphatic rings. The van der Waals surface area contributed by atoms with E-state index in [0.717, 1.165) is 4.90 Å². The van der Waals surface area contributed by atoms with Crippen molar-refractivity contribution in [2.24, 2.45) is 0 Å². The molecule has 0 rings (SSSR count). The summed E-state index contributed by atoms with van der Waals surface area (Å²) in [6.07, 6.45) is -0.587. The van der Waals surface area contributed by atoms with E-state index in [0.29, 0.717) is 6.54 Å². The number of carbonyl (C=O) groups is 3. The fourth-order valence-electron chi connectivity index (χ4n) is 0.821. The fraction of sp³-hybridized carbons (Fsp3) is 0.625. The monoisotopic (exact) mass is 202 g/mol. The van der Waals surface area contributed by atoms with Crippen molar-refractivity contribution in [2.45, 2.75) is 13.3 Å². The van der Waals surface area contributed by atoms with Gasteiger partial charge >= 0.3 is 5.97 Å². The average molecular weight is 202 g/mol. The summed E-state index contributed by atoms with van der Waals surface area (Å²) in [6, 6.07) is 0. The van der Waals surface area contributed by atoms with Crippen LogP contribution in [0.4, 0.5) is 0 Å². The highest BCUT2D eigenvalue weighted by atomic mass is 16.4. The number of nitrogens with one attached hydrogen (secondary N) is 1. The summed E-state index contributed by atoms with van der Waals surface area (Å²) >= 11 is 0. The molecule has 2 N–H and O–H groups in total. The Hall–Kier alpha value is -1.59. The van der Waals surface area contributed by atoms with Gasteiger partial charge in [-0.3, -0.25) is 14.4 Å². The van der Waals surface area contributed by atoms with Gasteiger partial charge in [0, 0.05) is 13.6 Å². The summed E-state index contributed by atoms with van der Waals surface area (Å²) in [5.74, 6) is -2.07. The third kappa shape index (κ3) is 5.13. The number of carboxylic acids is 1. The van der Waals surface area contributed by atoms with Crippen LogP contribution in [0.1, 0.15) is 13.3 Å². The molecule has 0 aliphatic heterocycles. The zero-order chi connectivity index (χ0) is 11.1. The van der Waals surface area contributed by atoms with E-state index in [1.165, 1.54) is 7.05 Å². The molecule has 14 heavy (non-hydrogen) atoms. The van der Waals surface area contributed by atoms with Gasteiger partial charge in [-0.05, 0) is 6.92 Å². The van der Waals surface area contributed by atoms with Gasteiger partial charge in [-0.25, -0.2) is 0 Å². The number of carboxylic acid groups (broad SMARTS) is 1. The molecule has 0 saturated heterocycles. The van der Waals surface area contributed by atoms with E-state index in [-0.39, 0.29) is 12.5 Å². The molecule has 2 amide bonds. The number of nitrogens with zero attached hydrogens (tertiary/aromatic N) is 1. The summed E-state index contributed by atoms with van der Waals surface area (Å²) in [6.45, 7) is 2.14. The van der Waals surface area contributed by atoms with Crippen LogP contribution < -0.4 is 5.32 Å². The third-order valence-corrected chi connectivity index (χ3v) is 1.48. The van der Waals surface area contributed by atoms with Crippen molar-refractivity contribution in [1.82, 2.24) is 10.2 Å². The Kier molecular flexibility index (Phi) is 5.28. The minimum absolute atomic E-state index is 0.111. The Balaban J connectivity index is 3.94. The normalized spacial score (nSPS) is 9.29. The summed E-state index contributed by atoms with van der Waals surface area (Å²) < 4.78 is 0. The molecular weight excluding hydrogens is 188 g/mol. The van der Waals surface area contributed by atoms with Crippen molar-refractivity contribution in [1.29, 1.82) is 0 Å². The van der Waals surface area contributed by atoms with Crippen molar-refractivity contribution in [2.75, 3.05) is 20.1 Å². The van der Waals surface area contributed by atoms with E-state index in [1.807, 2.05) is 0 Å². The quantitative estimate of drug-likeness (QED) is 0.563. The molecule has 0 unspecified atom stereocenters. The van der Waals surface area contributed by atoms with E-state index in [4.69, 9.17) is 5.11 Å². The predicted molar refractivity (Wildman–Crippen MR) is 48.6 cm³/mol. The minimum atomic E-state index is -1.20. The van der Waals surface area contributed by atoms with Crippen molar-refractivity contribution in [3.05, 3.63) is 0 Å². The first-order valence-electron chi connectivity index (χ1n) is 4.19. The van der Waals surface area contributed by atoms with Crippen molar-refractivity contribution < 1.29 is 19.5 Å². The largest absolute Gasteiger partial charge is 0.481 e. The fourth-order valence-corrected chi connectivity index (χ4v) is 0.821. The lowest BCUT2D eigenvalue weighted by molar-refractivity contribution is -0.145. The van der Waals surface area contributed by atoms with Crippen LogP contribution in [0.2, 0.25) is 0 Å². The Morgan fingerprint density at radius 2 is 1.93 bits per heavy atom. The van der Waals surface area contributed by atoms with Gasteiger partial charge in [0.05, 0.1) is 6.54 Å². The van der Waals surface area contributed by atoms with Gasteiger partial charge in [-0.15, -0.1) is 0 Å². The number of hydrogen-bond donors (Lipinski definition) is 2. The van der Waals surface area contributed by atoms with Gasteiger partial charge in [0.25, 0.3) is 0 Å². The van der Waals surface area contributed by atoms with E-state index in [1.54, 1.807) is 6.92 Å². The predicted octanol–water partition coefficient (Wildman–Crippen LogP) is -0.944. The van der Waals surface area contributed by atoms with E-state index in [9.17, 15) is 14.4 Å². The van der Waals surface area contributed by atoms with Crippen LogP contribution in [-0.4, -0.2) is 47.9 Å². The molecule has 80 valence electrons. The highest BCUT2D eigenvalue weighted by molar-refractivity contribution is 5.95. The van der Waals surface area contributed by atoms with Crippen LogP contribution in [0.3, 0.4) is 0 Å². The molecule has 0 aliphatic carbocycles. The zero-order valence-corrected chi connectivity index (χ0v) is 8.24. The van der Waals surface area contributed by atoms with E-state index < -0.39 is 18.3 Å². The van der Waals surface area contributed by atoms with Crippen molar-refractivity contribution >= 4 is 17.8 Å². The summed E-state index contributed by atoms with van der Waals surface area (Å²) in [4.78, 5) is 33.3. The van der Waals surface area contributed by atoms with Gasteiger partial charge in [0.15, 0.2) is 0 Å². The lowest BCUT2D eigenvalue weighted by Gasteiger charge is -2.15. The maximum Gasteiger partial charge on any atom is 0.312 e. The molecule has 0 saturated carbocycles. The minimum Gasteiger partial charge on any atom is -0.481 e. The second-order valence-corrected chi connectivity index (χ2v) is 2.77. The number of hydrogen-bond acceptors (Lipinski definition) is 3. The SMILES string of the molecule is CCNC(=O)CN(C)C(=O)CC(=O)O. The molecule has 6 nitrogen and oxygen atoms in total. The lowest BCUT2D eigenvalue weighted by atomic mass is 10.3. The third-order valence-electron chi connectivity index (χ3n) is 1.48. The first-order chi connectivity index (χ1) is 6.47. The Bertz CT molecular complexity index is 239. The molecule has 0 aromatic heterocycles. The van der Waals surface area contributed by atoms with Crippen LogP contribution >= 0.6 is 0 Å². The van der Waals surface area contributed by atoms with Gasteiger partial charge in [-0.1, -0.05) is 0 Å². The van der Waals surface area contributed by atoms with Gasteiger partial charge in [0.2, 0.25) is 11.8 Å². The Labute approximate surface area is 81.9 Å². The zero-order valence-electron chi connectivity index (χ0n) is 8.24. The van der Waals surface area contributed by atoms with Crippen LogP contribution in [0.25, 0.3) is 0 Å². The Morgan fingerprint density at radius 1 is 1.36 bits per heavy atom. The second kappa shape index (κ2) is 5.95. The van der Waals surface area contributed by atoms with Crippen LogP contribution in [0.5, 0.6) is 0 Å². The topological polar surface area (TPSA) is 86.7 Å². The van der Waals surface area contributed by atoms with Gasteiger partial charge in [0.1, 0.15) is 6.42 Å². The molecule has 0 atom stereocenters. The molecule has 0 aromatic carbocycles. The van der Waals surface area contributed by atoms with Crippen molar-refractivity contribution in [3.63, 3.8) is 0 Å². The highest BCUT2D eigenvalue weighted by Gasteiger charge is 2.14. The van der Waals surface area contributed by atoms with Crippen LogP contribution in [-0.2, 0) is 14.4 Å². The number of amides is 2. The van der Waals surface area contributed by atoms with Gasteiger partial charge < -0.3 is 15.3 Å².